The molecule has 0 atom stereocenters. The summed E-state index contributed by atoms with van der Waals surface area (Å²) in [5.41, 5.74) is 1.48. The van der Waals surface area contributed by atoms with E-state index in [4.69, 9.17) is 9.47 Å². The standard InChI is InChI=1S/C19H28N2O5S.ClH/c1-14-13-15(3-4-17(14)26-16-5-11-25-12-6-16)21-18(22)19(27(2,23)24)7-9-20-10-8-19;/h3-4,13,16,20H,5-12H2,1-2H3,(H,21,22);1H. The SMILES string of the molecule is Cc1cc(NC(=O)C2(S(C)(=O)=O)CCNCC2)ccc1OC1CCOCC1.Cl. The lowest BCUT2D eigenvalue weighted by Gasteiger charge is -2.34. The number of carbonyl (C=O) groups is 1. The van der Waals surface area contributed by atoms with Gasteiger partial charge in [0.1, 0.15) is 11.9 Å². The lowest BCUT2D eigenvalue weighted by Crippen LogP contribution is -2.55. The van der Waals surface area contributed by atoms with Crippen LogP contribution in [0.3, 0.4) is 0 Å². The molecule has 1 aromatic rings. The van der Waals surface area contributed by atoms with Gasteiger partial charge >= 0.3 is 0 Å². The molecular formula is C19H29ClN2O5S. The van der Waals surface area contributed by atoms with Gasteiger partial charge in [-0.05, 0) is 56.6 Å². The molecule has 2 aliphatic heterocycles. The first-order valence-corrected chi connectivity index (χ1v) is 11.3. The minimum absolute atomic E-state index is 0. The van der Waals surface area contributed by atoms with Gasteiger partial charge in [0.05, 0.1) is 13.2 Å². The highest BCUT2D eigenvalue weighted by molar-refractivity contribution is 7.92. The van der Waals surface area contributed by atoms with E-state index >= 15 is 0 Å². The molecule has 0 aromatic heterocycles. The molecule has 0 spiro atoms. The first kappa shape index (κ1) is 22.9. The van der Waals surface area contributed by atoms with E-state index in [9.17, 15) is 13.2 Å². The second-order valence-corrected chi connectivity index (χ2v) is 9.71. The van der Waals surface area contributed by atoms with Gasteiger partial charge in [0, 0.05) is 24.8 Å². The van der Waals surface area contributed by atoms with E-state index in [1.807, 2.05) is 19.1 Å². The Morgan fingerprint density at radius 1 is 1.25 bits per heavy atom. The van der Waals surface area contributed by atoms with Gasteiger partial charge in [0.2, 0.25) is 5.91 Å². The molecule has 0 saturated carbocycles. The van der Waals surface area contributed by atoms with Gasteiger partial charge < -0.3 is 20.1 Å². The average Bonchev–Trinajstić information content (AvgIpc) is 2.64. The van der Waals surface area contributed by atoms with E-state index < -0.39 is 20.5 Å². The van der Waals surface area contributed by atoms with Crippen LogP contribution in [0.4, 0.5) is 5.69 Å². The molecule has 2 saturated heterocycles. The van der Waals surface area contributed by atoms with Gasteiger partial charge in [-0.1, -0.05) is 0 Å². The predicted octanol–water partition coefficient (Wildman–Crippen LogP) is 2.08. The summed E-state index contributed by atoms with van der Waals surface area (Å²) in [5.74, 6) is 0.323. The number of amides is 1. The van der Waals surface area contributed by atoms with Gasteiger partial charge in [-0.2, -0.15) is 0 Å². The number of nitrogens with one attached hydrogen (secondary N) is 2. The Hall–Kier alpha value is -1.35. The number of anilines is 1. The number of hydrogen-bond acceptors (Lipinski definition) is 6. The van der Waals surface area contributed by atoms with E-state index in [2.05, 4.69) is 10.6 Å². The molecule has 2 heterocycles. The molecule has 1 aromatic carbocycles. The second kappa shape index (κ2) is 9.43. The van der Waals surface area contributed by atoms with Crippen molar-refractivity contribution in [3.63, 3.8) is 0 Å². The highest BCUT2D eigenvalue weighted by Gasteiger charge is 2.48. The molecule has 9 heteroatoms. The summed E-state index contributed by atoms with van der Waals surface area (Å²) in [7, 11) is -3.53. The van der Waals surface area contributed by atoms with Crippen LogP contribution in [0.1, 0.15) is 31.2 Å². The number of halogens is 1. The summed E-state index contributed by atoms with van der Waals surface area (Å²) in [6.45, 7) is 4.36. The molecule has 2 aliphatic rings. The van der Waals surface area contributed by atoms with E-state index in [1.54, 1.807) is 6.07 Å². The number of carbonyl (C=O) groups excluding carboxylic acids is 1. The van der Waals surface area contributed by atoms with Crippen LogP contribution in [0.5, 0.6) is 5.75 Å². The number of aryl methyl sites for hydroxylation is 1. The van der Waals surface area contributed by atoms with Gasteiger partial charge in [0.15, 0.2) is 14.6 Å². The molecule has 2 fully saturated rings. The minimum atomic E-state index is -3.53. The van der Waals surface area contributed by atoms with Crippen LogP contribution in [0.15, 0.2) is 18.2 Å². The average molecular weight is 433 g/mol. The topological polar surface area (TPSA) is 93.7 Å². The summed E-state index contributed by atoms with van der Waals surface area (Å²) >= 11 is 0. The lowest BCUT2D eigenvalue weighted by molar-refractivity contribution is -0.119. The zero-order valence-corrected chi connectivity index (χ0v) is 18.0. The molecule has 0 aliphatic carbocycles. The van der Waals surface area contributed by atoms with Crippen LogP contribution < -0.4 is 15.4 Å². The number of benzene rings is 1. The number of rotatable bonds is 5. The molecule has 2 N–H and O–H groups in total. The van der Waals surface area contributed by atoms with E-state index in [0.29, 0.717) is 32.0 Å². The Labute approximate surface area is 172 Å². The quantitative estimate of drug-likeness (QED) is 0.739. The van der Waals surface area contributed by atoms with Crippen molar-refractivity contribution in [3.8, 4) is 5.75 Å². The zero-order chi connectivity index (χ0) is 19.5. The normalized spacial score (nSPS) is 20.1. The van der Waals surface area contributed by atoms with Crippen molar-refractivity contribution in [2.45, 2.75) is 43.5 Å². The fourth-order valence-electron chi connectivity index (χ4n) is 3.67. The summed E-state index contributed by atoms with van der Waals surface area (Å²) < 4.78 is 34.7. The fourth-order valence-corrected chi connectivity index (χ4v) is 5.01. The van der Waals surface area contributed by atoms with Gasteiger partial charge in [0.25, 0.3) is 0 Å². The minimum Gasteiger partial charge on any atom is -0.490 e. The molecule has 28 heavy (non-hydrogen) atoms. The molecule has 0 unspecified atom stereocenters. The third kappa shape index (κ3) is 4.97. The second-order valence-electron chi connectivity index (χ2n) is 7.38. The van der Waals surface area contributed by atoms with Crippen molar-refractivity contribution in [1.82, 2.24) is 5.32 Å². The van der Waals surface area contributed by atoms with Crippen LogP contribution >= 0.6 is 12.4 Å². The van der Waals surface area contributed by atoms with Crippen molar-refractivity contribution in [2.24, 2.45) is 0 Å². The fraction of sp³-hybridized carbons (Fsp3) is 0.632. The van der Waals surface area contributed by atoms with Crippen LogP contribution in [0.2, 0.25) is 0 Å². The van der Waals surface area contributed by atoms with Crippen LogP contribution in [0.25, 0.3) is 0 Å². The van der Waals surface area contributed by atoms with Gasteiger partial charge in [-0.25, -0.2) is 8.42 Å². The smallest absolute Gasteiger partial charge is 0.245 e. The Bertz CT molecular complexity index is 788. The third-order valence-corrected chi connectivity index (χ3v) is 7.44. The van der Waals surface area contributed by atoms with Crippen LogP contribution in [0, 0.1) is 6.92 Å². The maximum absolute atomic E-state index is 12.9. The van der Waals surface area contributed by atoms with E-state index in [1.165, 1.54) is 0 Å². The number of piperidine rings is 1. The largest absolute Gasteiger partial charge is 0.490 e. The molecule has 0 bridgehead atoms. The summed E-state index contributed by atoms with van der Waals surface area (Å²) in [4.78, 5) is 12.9. The predicted molar refractivity (Wildman–Crippen MR) is 111 cm³/mol. The number of ether oxygens (including phenoxy) is 2. The number of hydrogen-bond donors (Lipinski definition) is 2. The van der Waals surface area contributed by atoms with Gasteiger partial charge in [-0.3, -0.25) is 4.79 Å². The molecule has 158 valence electrons. The highest BCUT2D eigenvalue weighted by Crippen LogP contribution is 2.31. The van der Waals surface area contributed by atoms with Crippen molar-refractivity contribution < 1.29 is 22.7 Å². The van der Waals surface area contributed by atoms with E-state index in [-0.39, 0.29) is 31.4 Å². The Balaban J connectivity index is 0.00000280. The van der Waals surface area contributed by atoms with Crippen molar-refractivity contribution >= 4 is 33.8 Å². The first-order valence-electron chi connectivity index (χ1n) is 9.39. The maximum Gasteiger partial charge on any atom is 0.245 e. The van der Waals surface area contributed by atoms with Crippen molar-refractivity contribution in [3.05, 3.63) is 23.8 Å². The van der Waals surface area contributed by atoms with Crippen LogP contribution in [-0.2, 0) is 19.4 Å². The molecule has 3 rings (SSSR count). The first-order chi connectivity index (χ1) is 12.8. The summed E-state index contributed by atoms with van der Waals surface area (Å²) in [6, 6.07) is 5.41. The number of sulfone groups is 1. The Kier molecular flexibility index (Phi) is 7.73. The Morgan fingerprint density at radius 3 is 2.46 bits per heavy atom. The zero-order valence-electron chi connectivity index (χ0n) is 16.3. The lowest BCUT2D eigenvalue weighted by atomic mass is 9.95. The van der Waals surface area contributed by atoms with E-state index in [0.717, 1.165) is 30.4 Å². The Morgan fingerprint density at radius 2 is 1.89 bits per heavy atom. The molecular weight excluding hydrogens is 404 g/mol. The highest BCUT2D eigenvalue weighted by atomic mass is 35.5. The molecule has 1 amide bonds. The van der Waals surface area contributed by atoms with Gasteiger partial charge in [-0.15, -0.1) is 12.4 Å². The van der Waals surface area contributed by atoms with Crippen molar-refractivity contribution in [1.29, 1.82) is 0 Å². The maximum atomic E-state index is 12.9. The van der Waals surface area contributed by atoms with Crippen LogP contribution in [-0.4, -0.2) is 57.7 Å². The molecule has 0 radical (unpaired) electrons. The summed E-state index contributed by atoms with van der Waals surface area (Å²) in [5, 5.41) is 5.93. The third-order valence-electron chi connectivity index (χ3n) is 5.43. The molecule has 7 nitrogen and oxygen atoms in total. The summed E-state index contributed by atoms with van der Waals surface area (Å²) in [6.07, 6.45) is 3.57. The monoisotopic (exact) mass is 432 g/mol. The van der Waals surface area contributed by atoms with Crippen molar-refractivity contribution in [2.75, 3.05) is 37.9 Å².